The lowest BCUT2D eigenvalue weighted by molar-refractivity contribution is 0.411. The summed E-state index contributed by atoms with van der Waals surface area (Å²) in [6.07, 6.45) is 8.14. The van der Waals surface area contributed by atoms with Crippen molar-refractivity contribution in [2.45, 2.75) is 27.2 Å². The molecule has 0 amide bonds. The highest BCUT2D eigenvalue weighted by atomic mass is 15.2. The van der Waals surface area contributed by atoms with Gasteiger partial charge in [0.1, 0.15) is 0 Å². The Morgan fingerprint density at radius 3 is 2.72 bits per heavy atom. The zero-order valence-electron chi connectivity index (χ0n) is 18.4. The van der Waals surface area contributed by atoms with Gasteiger partial charge in [0.05, 0.1) is 34.3 Å². The largest absolute Gasteiger partial charge is 0.358 e. The molecule has 5 aromatic rings. The molecule has 0 atom stereocenters. The third-order valence-electron chi connectivity index (χ3n) is 5.20. The summed E-state index contributed by atoms with van der Waals surface area (Å²) < 4.78 is 0. The number of anilines is 1. The van der Waals surface area contributed by atoms with E-state index in [-0.39, 0.29) is 5.41 Å². The van der Waals surface area contributed by atoms with Crippen molar-refractivity contribution >= 4 is 27.8 Å². The summed E-state index contributed by atoms with van der Waals surface area (Å²) >= 11 is 0. The highest BCUT2D eigenvalue weighted by molar-refractivity contribution is 5.95. The van der Waals surface area contributed by atoms with Crippen LogP contribution in [0.1, 0.15) is 27.2 Å². The second-order valence-electron chi connectivity index (χ2n) is 9.24. The van der Waals surface area contributed by atoms with E-state index in [1.807, 2.05) is 36.8 Å². The number of allylic oxidation sites excluding steroid dienone is 1. The summed E-state index contributed by atoms with van der Waals surface area (Å²) in [5.41, 5.74) is 8.34. The molecular weight excluding hydrogens is 398 g/mol. The molecule has 0 saturated carbocycles. The van der Waals surface area contributed by atoms with E-state index in [0.29, 0.717) is 5.65 Å². The fourth-order valence-corrected chi connectivity index (χ4v) is 3.91. The van der Waals surface area contributed by atoms with E-state index in [2.05, 4.69) is 74.9 Å². The van der Waals surface area contributed by atoms with E-state index in [4.69, 9.17) is 0 Å². The van der Waals surface area contributed by atoms with Crippen molar-refractivity contribution in [3.8, 4) is 22.5 Å². The smallest absolute Gasteiger partial charge is 0.181 e. The quantitative estimate of drug-likeness (QED) is 0.326. The Morgan fingerprint density at radius 2 is 1.91 bits per heavy atom. The van der Waals surface area contributed by atoms with Crippen LogP contribution in [0.2, 0.25) is 0 Å². The Kier molecular flexibility index (Phi) is 4.74. The fourth-order valence-electron chi connectivity index (χ4n) is 3.91. The van der Waals surface area contributed by atoms with Crippen molar-refractivity contribution in [2.24, 2.45) is 5.41 Å². The van der Waals surface area contributed by atoms with Gasteiger partial charge in [0.2, 0.25) is 0 Å². The lowest BCUT2D eigenvalue weighted by Gasteiger charge is -2.20. The minimum Gasteiger partial charge on any atom is -0.358 e. The third-order valence-corrected chi connectivity index (χ3v) is 5.20. The molecule has 0 spiro atoms. The van der Waals surface area contributed by atoms with Crippen molar-refractivity contribution < 1.29 is 0 Å². The average molecular weight is 424 g/mol. The van der Waals surface area contributed by atoms with Gasteiger partial charge in [-0.1, -0.05) is 27.4 Å². The lowest BCUT2D eigenvalue weighted by atomic mass is 9.91. The van der Waals surface area contributed by atoms with Gasteiger partial charge in [-0.15, -0.1) is 0 Å². The first-order valence-electron chi connectivity index (χ1n) is 10.5. The number of aromatic amines is 2. The highest BCUT2D eigenvalue weighted by Crippen LogP contribution is 2.31. The van der Waals surface area contributed by atoms with E-state index in [0.717, 1.165) is 56.7 Å². The van der Waals surface area contributed by atoms with Crippen LogP contribution < -0.4 is 5.32 Å². The molecular formula is C25H25N7. The number of H-pyrrole nitrogens is 2. The van der Waals surface area contributed by atoms with Gasteiger partial charge >= 0.3 is 0 Å². The molecule has 0 aliphatic heterocycles. The molecule has 0 unspecified atom stereocenters. The van der Waals surface area contributed by atoms with Crippen molar-refractivity contribution in [2.75, 3.05) is 5.32 Å². The molecule has 7 nitrogen and oxygen atoms in total. The van der Waals surface area contributed by atoms with Crippen LogP contribution in [0.15, 0.2) is 67.4 Å². The number of nitrogens with one attached hydrogen (secondary N) is 3. The van der Waals surface area contributed by atoms with Gasteiger partial charge in [-0.2, -0.15) is 5.10 Å². The van der Waals surface area contributed by atoms with Crippen molar-refractivity contribution in [3.05, 3.63) is 67.4 Å². The van der Waals surface area contributed by atoms with E-state index in [1.165, 1.54) is 0 Å². The second kappa shape index (κ2) is 7.60. The van der Waals surface area contributed by atoms with Crippen LogP contribution in [0.5, 0.6) is 0 Å². The average Bonchev–Trinajstić information content (AvgIpc) is 3.35. The van der Waals surface area contributed by atoms with Crippen LogP contribution in [0.25, 0.3) is 44.6 Å². The zero-order valence-corrected chi connectivity index (χ0v) is 18.4. The van der Waals surface area contributed by atoms with E-state index >= 15 is 0 Å². The van der Waals surface area contributed by atoms with Crippen LogP contribution in [0.3, 0.4) is 0 Å². The number of hydrogen-bond acceptors (Lipinski definition) is 5. The molecule has 5 heterocycles. The van der Waals surface area contributed by atoms with Crippen LogP contribution in [0.4, 0.5) is 5.69 Å². The van der Waals surface area contributed by atoms with Crippen LogP contribution >= 0.6 is 0 Å². The Balaban J connectivity index is 1.49. The maximum atomic E-state index is 4.56. The first-order valence-corrected chi connectivity index (χ1v) is 10.5. The van der Waals surface area contributed by atoms with Crippen LogP contribution in [-0.4, -0.2) is 30.1 Å². The Bertz CT molecular complexity index is 1400. The Hall–Kier alpha value is -4.00. The Morgan fingerprint density at radius 1 is 1.06 bits per heavy atom. The molecule has 32 heavy (non-hydrogen) atoms. The van der Waals surface area contributed by atoms with E-state index in [1.54, 1.807) is 6.20 Å². The molecule has 0 radical (unpaired) electrons. The third kappa shape index (κ3) is 3.97. The van der Waals surface area contributed by atoms with Gasteiger partial charge in [0.15, 0.2) is 5.65 Å². The molecule has 0 aromatic carbocycles. The maximum absolute atomic E-state index is 4.56. The zero-order chi connectivity index (χ0) is 22.3. The fraction of sp³-hybridized carbons (Fsp3) is 0.200. The number of rotatable bonds is 5. The van der Waals surface area contributed by atoms with Crippen LogP contribution in [-0.2, 0) is 0 Å². The molecule has 0 saturated heterocycles. The van der Waals surface area contributed by atoms with Gasteiger partial charge in [0.25, 0.3) is 0 Å². The summed E-state index contributed by atoms with van der Waals surface area (Å²) in [6, 6.07) is 10.1. The Labute approximate surface area is 186 Å². The topological polar surface area (TPSA) is 95.2 Å². The first-order chi connectivity index (χ1) is 15.4. The molecule has 0 bridgehead atoms. The summed E-state index contributed by atoms with van der Waals surface area (Å²) in [5, 5.41) is 11.8. The molecule has 3 N–H and O–H groups in total. The summed E-state index contributed by atoms with van der Waals surface area (Å²) in [7, 11) is 0. The SMILES string of the molecule is C=C(CC(C)(C)C)Nc1cncc(-c2cnc3n[nH]c(-c4cc5ncccc5[nH]4)c3c2)c1. The van der Waals surface area contributed by atoms with Gasteiger partial charge < -0.3 is 10.3 Å². The summed E-state index contributed by atoms with van der Waals surface area (Å²) in [5.74, 6) is 0. The van der Waals surface area contributed by atoms with Crippen molar-refractivity contribution in [3.63, 3.8) is 0 Å². The highest BCUT2D eigenvalue weighted by Gasteiger charge is 2.14. The second-order valence-corrected chi connectivity index (χ2v) is 9.24. The predicted molar refractivity (Wildman–Crippen MR) is 129 cm³/mol. The van der Waals surface area contributed by atoms with E-state index < -0.39 is 0 Å². The molecule has 160 valence electrons. The standard InChI is InChI=1S/C25H25N7/c1-15(11-25(2,3)4)29-18-8-16(12-26-14-18)17-9-19-23(31-32-24(19)28-13-17)22-10-21-20(30-22)6-5-7-27-21/h5-10,12-14,29-30H,1,11H2,2-4H3,(H,28,31,32). The molecule has 5 aromatic heterocycles. The minimum absolute atomic E-state index is 0.167. The molecule has 0 fully saturated rings. The summed E-state index contributed by atoms with van der Waals surface area (Å²) in [4.78, 5) is 16.8. The van der Waals surface area contributed by atoms with E-state index in [9.17, 15) is 0 Å². The predicted octanol–water partition coefficient (Wildman–Crippen LogP) is 5.93. The first kappa shape index (κ1) is 19.9. The summed E-state index contributed by atoms with van der Waals surface area (Å²) in [6.45, 7) is 10.7. The molecule has 0 aliphatic rings. The maximum Gasteiger partial charge on any atom is 0.181 e. The normalized spacial score (nSPS) is 11.8. The number of nitrogens with zero attached hydrogens (tertiary/aromatic N) is 4. The van der Waals surface area contributed by atoms with Crippen LogP contribution in [0, 0.1) is 5.41 Å². The van der Waals surface area contributed by atoms with Gasteiger partial charge in [-0.25, -0.2) is 4.98 Å². The molecule has 7 heteroatoms. The number of fused-ring (bicyclic) bond motifs is 2. The van der Waals surface area contributed by atoms with Crippen molar-refractivity contribution in [1.82, 2.24) is 30.1 Å². The van der Waals surface area contributed by atoms with Gasteiger partial charge in [-0.05, 0) is 42.2 Å². The monoisotopic (exact) mass is 423 g/mol. The number of aromatic nitrogens is 6. The molecule has 0 aliphatic carbocycles. The molecule has 5 rings (SSSR count). The van der Waals surface area contributed by atoms with Crippen molar-refractivity contribution in [1.29, 1.82) is 0 Å². The number of hydrogen-bond donors (Lipinski definition) is 3. The number of pyridine rings is 3. The lowest BCUT2D eigenvalue weighted by Crippen LogP contribution is -2.10. The van der Waals surface area contributed by atoms with Gasteiger partial charge in [0, 0.05) is 40.8 Å². The van der Waals surface area contributed by atoms with Gasteiger partial charge in [-0.3, -0.25) is 15.1 Å². The minimum atomic E-state index is 0.167.